The molecular formula is C27H28N2O4S. The lowest BCUT2D eigenvalue weighted by atomic mass is 10.0. The summed E-state index contributed by atoms with van der Waals surface area (Å²) in [5.74, 6) is -1.20. The zero-order valence-electron chi connectivity index (χ0n) is 19.4. The van der Waals surface area contributed by atoms with E-state index in [-0.39, 0.29) is 24.8 Å². The van der Waals surface area contributed by atoms with Gasteiger partial charge in [-0.15, -0.1) is 11.3 Å². The average Bonchev–Trinajstić information content (AvgIpc) is 3.42. The fourth-order valence-corrected chi connectivity index (χ4v) is 5.05. The Labute approximate surface area is 203 Å². The van der Waals surface area contributed by atoms with Crippen LogP contribution in [0.15, 0.2) is 60.0 Å². The highest BCUT2D eigenvalue weighted by Crippen LogP contribution is 2.37. The van der Waals surface area contributed by atoms with Gasteiger partial charge in [0.25, 0.3) is 0 Å². The van der Waals surface area contributed by atoms with Crippen LogP contribution < -0.4 is 5.32 Å². The van der Waals surface area contributed by atoms with Gasteiger partial charge in [-0.25, -0.2) is 4.79 Å². The largest absolute Gasteiger partial charge is 0.462 e. The lowest BCUT2D eigenvalue weighted by Crippen LogP contribution is -2.30. The molecule has 176 valence electrons. The first kappa shape index (κ1) is 23.7. The van der Waals surface area contributed by atoms with Crippen LogP contribution in [0.3, 0.4) is 0 Å². The molecule has 0 spiro atoms. The van der Waals surface area contributed by atoms with Gasteiger partial charge in [0.15, 0.2) is 0 Å². The number of hydrogen-bond acceptors (Lipinski definition) is 5. The minimum Gasteiger partial charge on any atom is -0.462 e. The monoisotopic (exact) mass is 476 g/mol. The number of hydrogen-bond donors (Lipinski definition) is 1. The van der Waals surface area contributed by atoms with E-state index in [0.29, 0.717) is 23.7 Å². The Morgan fingerprint density at radius 2 is 1.85 bits per heavy atom. The van der Waals surface area contributed by atoms with E-state index >= 15 is 0 Å². The number of thiophene rings is 1. The summed E-state index contributed by atoms with van der Waals surface area (Å²) < 4.78 is 5.28. The molecule has 0 radical (unpaired) electrons. The number of likely N-dealkylation sites (tertiary alicyclic amines) is 1. The van der Waals surface area contributed by atoms with Crippen LogP contribution in [0, 0.1) is 12.8 Å². The minimum absolute atomic E-state index is 0.0202. The van der Waals surface area contributed by atoms with Crippen molar-refractivity contribution in [2.45, 2.75) is 26.7 Å². The van der Waals surface area contributed by atoms with Gasteiger partial charge in [0.05, 0.1) is 12.5 Å². The number of carbonyl (C=O) groups excluding carboxylic acids is 3. The Kier molecular flexibility index (Phi) is 7.43. The zero-order valence-corrected chi connectivity index (χ0v) is 20.2. The molecule has 0 bridgehead atoms. The fourth-order valence-electron chi connectivity index (χ4n) is 4.09. The lowest BCUT2D eigenvalue weighted by molar-refractivity contribution is -0.128. The van der Waals surface area contributed by atoms with Gasteiger partial charge >= 0.3 is 5.97 Å². The molecule has 0 aliphatic carbocycles. The van der Waals surface area contributed by atoms with Crippen molar-refractivity contribution in [1.29, 1.82) is 0 Å². The first-order chi connectivity index (χ1) is 16.5. The van der Waals surface area contributed by atoms with Crippen molar-refractivity contribution in [3.05, 3.63) is 76.7 Å². The summed E-state index contributed by atoms with van der Waals surface area (Å²) in [5.41, 5.74) is 4.24. The number of esters is 1. The number of carbonyl (C=O) groups is 3. The first-order valence-corrected chi connectivity index (χ1v) is 12.3. The molecule has 1 aliphatic rings. The molecule has 1 aliphatic heterocycles. The molecule has 1 atom stereocenters. The van der Waals surface area contributed by atoms with Gasteiger partial charge in [-0.2, -0.15) is 0 Å². The maximum absolute atomic E-state index is 13.1. The van der Waals surface area contributed by atoms with Gasteiger partial charge in [0, 0.05) is 30.5 Å². The van der Waals surface area contributed by atoms with Gasteiger partial charge in [0.2, 0.25) is 11.8 Å². The van der Waals surface area contributed by atoms with Crippen molar-refractivity contribution in [1.82, 2.24) is 4.90 Å². The highest BCUT2D eigenvalue weighted by molar-refractivity contribution is 7.15. The number of benzene rings is 2. The number of rotatable bonds is 8. The van der Waals surface area contributed by atoms with Crippen LogP contribution >= 0.6 is 11.3 Å². The zero-order chi connectivity index (χ0) is 24.1. The van der Waals surface area contributed by atoms with Crippen LogP contribution in [0.1, 0.15) is 34.8 Å². The van der Waals surface area contributed by atoms with Crippen LogP contribution in [0.25, 0.3) is 11.1 Å². The maximum atomic E-state index is 13.1. The second-order valence-corrected chi connectivity index (χ2v) is 9.29. The van der Waals surface area contributed by atoms with Crippen molar-refractivity contribution in [2.75, 3.05) is 25.0 Å². The normalized spacial score (nSPS) is 15.4. The summed E-state index contributed by atoms with van der Waals surface area (Å²) in [5, 5.41) is 5.22. The summed E-state index contributed by atoms with van der Waals surface area (Å²) in [6.45, 7) is 4.95. The van der Waals surface area contributed by atoms with Gasteiger partial charge in [-0.1, -0.05) is 60.2 Å². The van der Waals surface area contributed by atoms with Gasteiger partial charge in [0.1, 0.15) is 10.6 Å². The van der Waals surface area contributed by atoms with Crippen molar-refractivity contribution in [3.63, 3.8) is 0 Å². The first-order valence-electron chi connectivity index (χ1n) is 11.4. The molecule has 7 heteroatoms. The fraction of sp³-hybridized carbons (Fsp3) is 0.296. The number of nitrogens with one attached hydrogen (secondary N) is 1. The molecule has 4 rings (SSSR count). The third-order valence-electron chi connectivity index (χ3n) is 5.97. The van der Waals surface area contributed by atoms with E-state index in [9.17, 15) is 14.4 Å². The number of anilines is 1. The molecule has 1 saturated heterocycles. The number of ether oxygens (including phenoxy) is 1. The van der Waals surface area contributed by atoms with E-state index in [1.165, 1.54) is 11.3 Å². The van der Waals surface area contributed by atoms with Crippen molar-refractivity contribution < 1.29 is 19.1 Å². The quantitative estimate of drug-likeness (QED) is 0.468. The van der Waals surface area contributed by atoms with E-state index in [4.69, 9.17) is 4.74 Å². The van der Waals surface area contributed by atoms with Crippen LogP contribution in [-0.2, 0) is 20.7 Å². The Balaban J connectivity index is 1.47. The Morgan fingerprint density at radius 3 is 2.56 bits per heavy atom. The number of nitrogens with zero attached hydrogens (tertiary/aromatic N) is 1. The van der Waals surface area contributed by atoms with E-state index in [1.807, 2.05) is 66.9 Å². The predicted molar refractivity (Wildman–Crippen MR) is 134 cm³/mol. The highest BCUT2D eigenvalue weighted by atomic mass is 32.1. The molecule has 1 fully saturated rings. The smallest absolute Gasteiger partial charge is 0.341 e. The summed E-state index contributed by atoms with van der Waals surface area (Å²) in [7, 11) is 0. The maximum Gasteiger partial charge on any atom is 0.341 e. The average molecular weight is 477 g/mol. The molecule has 1 unspecified atom stereocenters. The number of amides is 2. The topological polar surface area (TPSA) is 75.7 Å². The minimum atomic E-state index is -0.471. The molecule has 1 N–H and O–H groups in total. The standard InChI is InChI=1S/C27H28N2O4S/c1-3-33-27(32)24-22(20-11-9-18(2)10-12-20)17-34-26(24)28-25(31)21-15-23(30)29(16-21)14-13-19-7-5-4-6-8-19/h4-12,17,21H,3,13-16H2,1-2H3,(H,28,31). The summed E-state index contributed by atoms with van der Waals surface area (Å²) >= 11 is 1.29. The molecule has 0 saturated carbocycles. The predicted octanol–water partition coefficient (Wildman–Crippen LogP) is 4.93. The summed E-state index contributed by atoms with van der Waals surface area (Å²) in [6, 6.07) is 17.8. The van der Waals surface area contributed by atoms with Crippen LogP contribution in [-0.4, -0.2) is 42.4 Å². The SMILES string of the molecule is CCOC(=O)c1c(-c2ccc(C)cc2)csc1NC(=O)C1CC(=O)N(CCc2ccccc2)C1. The molecule has 1 aromatic heterocycles. The van der Waals surface area contributed by atoms with Crippen LogP contribution in [0.2, 0.25) is 0 Å². The van der Waals surface area contributed by atoms with E-state index in [1.54, 1.807) is 11.8 Å². The molecule has 2 amide bonds. The molecule has 2 heterocycles. The van der Waals surface area contributed by atoms with Crippen molar-refractivity contribution >= 4 is 34.1 Å². The Hall–Kier alpha value is -3.45. The Bertz CT molecular complexity index is 1170. The molecule has 3 aromatic rings. The number of aryl methyl sites for hydroxylation is 1. The Morgan fingerprint density at radius 1 is 1.12 bits per heavy atom. The second-order valence-electron chi connectivity index (χ2n) is 8.41. The van der Waals surface area contributed by atoms with Gasteiger partial charge in [-0.3, -0.25) is 9.59 Å². The van der Waals surface area contributed by atoms with E-state index < -0.39 is 11.9 Å². The molecule has 2 aromatic carbocycles. The van der Waals surface area contributed by atoms with E-state index in [2.05, 4.69) is 5.32 Å². The van der Waals surface area contributed by atoms with Crippen molar-refractivity contribution in [2.24, 2.45) is 5.92 Å². The second kappa shape index (κ2) is 10.7. The third kappa shape index (κ3) is 5.37. The third-order valence-corrected chi connectivity index (χ3v) is 6.86. The van der Waals surface area contributed by atoms with Crippen LogP contribution in [0.5, 0.6) is 0 Å². The highest BCUT2D eigenvalue weighted by Gasteiger charge is 2.35. The summed E-state index contributed by atoms with van der Waals surface area (Å²) in [6.07, 6.45) is 0.921. The summed E-state index contributed by atoms with van der Waals surface area (Å²) in [4.78, 5) is 40.1. The van der Waals surface area contributed by atoms with E-state index in [0.717, 1.165) is 28.7 Å². The van der Waals surface area contributed by atoms with Crippen LogP contribution in [0.4, 0.5) is 5.00 Å². The molecular weight excluding hydrogens is 448 g/mol. The van der Waals surface area contributed by atoms with Gasteiger partial charge in [-0.05, 0) is 31.4 Å². The van der Waals surface area contributed by atoms with Gasteiger partial charge < -0.3 is 15.0 Å². The molecule has 34 heavy (non-hydrogen) atoms. The lowest BCUT2D eigenvalue weighted by Gasteiger charge is -2.16. The molecule has 6 nitrogen and oxygen atoms in total. The van der Waals surface area contributed by atoms with Crippen molar-refractivity contribution in [3.8, 4) is 11.1 Å².